The Morgan fingerprint density at radius 1 is 1.30 bits per heavy atom. The lowest BCUT2D eigenvalue weighted by molar-refractivity contribution is -0.149. The number of nitrogens with zero attached hydrogens (tertiary/aromatic N) is 5. The van der Waals surface area contributed by atoms with Crippen molar-refractivity contribution in [2.45, 2.75) is 25.9 Å². The van der Waals surface area contributed by atoms with E-state index >= 15 is 0 Å². The monoisotopic (exact) mass is 395 g/mol. The fourth-order valence-electron chi connectivity index (χ4n) is 3.22. The van der Waals surface area contributed by atoms with E-state index in [0.717, 1.165) is 24.6 Å². The van der Waals surface area contributed by atoms with Crippen molar-refractivity contribution in [2.75, 3.05) is 31.2 Å². The van der Waals surface area contributed by atoms with Crippen molar-refractivity contribution in [3.8, 4) is 0 Å². The van der Waals surface area contributed by atoms with E-state index in [1.54, 1.807) is 18.7 Å². The van der Waals surface area contributed by atoms with Crippen LogP contribution >= 0.6 is 11.8 Å². The van der Waals surface area contributed by atoms with Gasteiger partial charge >= 0.3 is 11.7 Å². The second-order valence-corrected chi connectivity index (χ2v) is 7.90. The Hall–Kier alpha value is -2.07. The van der Waals surface area contributed by atoms with Crippen molar-refractivity contribution in [1.82, 2.24) is 23.6 Å². The molecule has 0 aliphatic carbocycles. The van der Waals surface area contributed by atoms with E-state index in [1.165, 1.54) is 15.5 Å². The standard InChI is InChI=1S/C17H25N5O4S/c1-12(21-6-9-27-10-7-21)16(24)26-8-4-5-22-15(23)13-14(18-11-19(13)2)20(3)17(22)25/h11-12H,4-10H2,1-3H3/t12-/m1/s1. The number of carbonyl (C=O) groups is 1. The summed E-state index contributed by atoms with van der Waals surface area (Å²) in [6, 6.07) is -0.271. The van der Waals surface area contributed by atoms with Crippen LogP contribution in [0.3, 0.4) is 0 Å². The Morgan fingerprint density at radius 3 is 2.70 bits per heavy atom. The van der Waals surface area contributed by atoms with E-state index in [2.05, 4.69) is 9.88 Å². The number of imidazole rings is 1. The number of aryl methyl sites for hydroxylation is 2. The largest absolute Gasteiger partial charge is 0.464 e. The zero-order valence-corrected chi connectivity index (χ0v) is 16.7. The molecule has 3 rings (SSSR count). The summed E-state index contributed by atoms with van der Waals surface area (Å²) in [5.41, 5.74) is -0.0512. The van der Waals surface area contributed by atoms with Gasteiger partial charge < -0.3 is 9.30 Å². The van der Waals surface area contributed by atoms with Crippen molar-refractivity contribution in [2.24, 2.45) is 14.1 Å². The molecule has 1 saturated heterocycles. The van der Waals surface area contributed by atoms with Crippen LogP contribution in [0, 0.1) is 0 Å². The lowest BCUT2D eigenvalue weighted by Crippen LogP contribution is -2.44. The third-order valence-electron chi connectivity index (χ3n) is 4.91. The third-order valence-corrected chi connectivity index (χ3v) is 5.85. The highest BCUT2D eigenvalue weighted by molar-refractivity contribution is 7.99. The number of ether oxygens (including phenoxy) is 1. The van der Waals surface area contributed by atoms with Crippen LogP contribution in [0.1, 0.15) is 13.3 Å². The van der Waals surface area contributed by atoms with Gasteiger partial charge in [0.1, 0.15) is 6.04 Å². The molecule has 27 heavy (non-hydrogen) atoms. The van der Waals surface area contributed by atoms with Crippen LogP contribution in [-0.2, 0) is 30.2 Å². The zero-order chi connectivity index (χ0) is 19.6. The van der Waals surface area contributed by atoms with Crippen LogP contribution in [0.25, 0.3) is 11.2 Å². The van der Waals surface area contributed by atoms with Gasteiger partial charge in [-0.3, -0.25) is 23.6 Å². The summed E-state index contributed by atoms with van der Waals surface area (Å²) in [5, 5.41) is 0. The summed E-state index contributed by atoms with van der Waals surface area (Å²) in [4.78, 5) is 43.4. The van der Waals surface area contributed by atoms with Gasteiger partial charge in [-0.15, -0.1) is 0 Å². The van der Waals surface area contributed by atoms with Gasteiger partial charge in [0.05, 0.1) is 12.9 Å². The Morgan fingerprint density at radius 2 is 2.00 bits per heavy atom. The van der Waals surface area contributed by atoms with Gasteiger partial charge in [-0.25, -0.2) is 9.78 Å². The first-order valence-corrected chi connectivity index (χ1v) is 10.2. The van der Waals surface area contributed by atoms with E-state index in [4.69, 9.17) is 4.74 Å². The maximum Gasteiger partial charge on any atom is 0.332 e. The fourth-order valence-corrected chi connectivity index (χ4v) is 4.15. The zero-order valence-electron chi connectivity index (χ0n) is 15.9. The van der Waals surface area contributed by atoms with Crippen LogP contribution in [-0.4, -0.2) is 66.8 Å². The Kier molecular flexibility index (Phi) is 6.05. The Bertz CT molecular complexity index is 941. The summed E-state index contributed by atoms with van der Waals surface area (Å²) in [6.07, 6.45) is 1.91. The van der Waals surface area contributed by atoms with Crippen LogP contribution in [0.5, 0.6) is 0 Å². The first kappa shape index (κ1) is 19.7. The molecule has 0 radical (unpaired) electrons. The van der Waals surface area contributed by atoms with Gasteiger partial charge in [0.15, 0.2) is 11.2 Å². The van der Waals surface area contributed by atoms with Crippen molar-refractivity contribution >= 4 is 28.9 Å². The van der Waals surface area contributed by atoms with Gasteiger partial charge in [0.2, 0.25) is 0 Å². The normalized spacial score (nSPS) is 16.6. The second kappa shape index (κ2) is 8.30. The van der Waals surface area contributed by atoms with Crippen LogP contribution in [0.4, 0.5) is 0 Å². The number of hydrogen-bond acceptors (Lipinski definition) is 7. The minimum atomic E-state index is -0.420. The van der Waals surface area contributed by atoms with Crippen LogP contribution in [0.2, 0.25) is 0 Å². The molecule has 0 bridgehead atoms. The van der Waals surface area contributed by atoms with Gasteiger partial charge in [-0.1, -0.05) is 0 Å². The predicted molar refractivity (Wildman–Crippen MR) is 104 cm³/mol. The second-order valence-electron chi connectivity index (χ2n) is 6.67. The van der Waals surface area contributed by atoms with Crippen molar-refractivity contribution in [3.63, 3.8) is 0 Å². The summed E-state index contributed by atoms with van der Waals surface area (Å²) in [5.74, 6) is 1.80. The van der Waals surface area contributed by atoms with E-state index in [-0.39, 0.29) is 30.7 Å². The SMILES string of the molecule is C[C@H](C(=O)OCCCn1c(=O)c2c(ncn2C)n(C)c1=O)N1CCSCC1. The molecule has 1 aliphatic rings. The number of aromatic nitrogens is 4. The van der Waals surface area contributed by atoms with E-state index < -0.39 is 5.69 Å². The molecule has 10 heteroatoms. The first-order valence-electron chi connectivity index (χ1n) is 9.01. The summed E-state index contributed by atoms with van der Waals surface area (Å²) in [7, 11) is 3.31. The number of hydrogen-bond donors (Lipinski definition) is 0. The Balaban J connectivity index is 1.61. The first-order chi connectivity index (χ1) is 12.9. The molecule has 9 nitrogen and oxygen atoms in total. The molecule has 0 amide bonds. The molecule has 1 fully saturated rings. The molecule has 3 heterocycles. The molecule has 0 spiro atoms. The number of rotatable bonds is 6. The fraction of sp³-hybridized carbons (Fsp3) is 0.647. The minimum absolute atomic E-state index is 0.171. The lowest BCUT2D eigenvalue weighted by Gasteiger charge is -2.30. The lowest BCUT2D eigenvalue weighted by atomic mass is 10.3. The average molecular weight is 395 g/mol. The third kappa shape index (κ3) is 3.96. The van der Waals surface area contributed by atoms with Crippen LogP contribution in [0.15, 0.2) is 15.9 Å². The highest BCUT2D eigenvalue weighted by Gasteiger charge is 2.24. The van der Waals surface area contributed by atoms with Crippen LogP contribution < -0.4 is 11.2 Å². The molecule has 2 aromatic heterocycles. The van der Waals surface area contributed by atoms with Gasteiger partial charge in [0, 0.05) is 45.2 Å². The molecule has 1 aliphatic heterocycles. The summed E-state index contributed by atoms with van der Waals surface area (Å²) in [6.45, 7) is 3.99. The van der Waals surface area contributed by atoms with Gasteiger partial charge in [-0.05, 0) is 13.3 Å². The van der Waals surface area contributed by atoms with Crippen molar-refractivity contribution in [3.05, 3.63) is 27.2 Å². The molecular weight excluding hydrogens is 370 g/mol. The van der Waals surface area contributed by atoms with Crippen molar-refractivity contribution < 1.29 is 9.53 Å². The Labute approximate surface area is 160 Å². The maximum absolute atomic E-state index is 12.6. The highest BCUT2D eigenvalue weighted by Crippen LogP contribution is 2.13. The van der Waals surface area contributed by atoms with E-state index in [0.29, 0.717) is 17.6 Å². The minimum Gasteiger partial charge on any atom is -0.464 e. The van der Waals surface area contributed by atoms with Gasteiger partial charge in [-0.2, -0.15) is 11.8 Å². The quantitative estimate of drug-likeness (QED) is 0.494. The molecule has 0 unspecified atom stereocenters. The summed E-state index contributed by atoms with van der Waals surface area (Å²) >= 11 is 1.89. The predicted octanol–water partition coefficient (Wildman–Crippen LogP) is -0.196. The van der Waals surface area contributed by atoms with Crippen molar-refractivity contribution in [1.29, 1.82) is 0 Å². The smallest absolute Gasteiger partial charge is 0.332 e. The molecule has 0 aromatic carbocycles. The summed E-state index contributed by atoms with van der Waals surface area (Å²) < 4.78 is 9.49. The number of thioether (sulfide) groups is 1. The van der Waals surface area contributed by atoms with E-state index in [1.807, 2.05) is 18.7 Å². The van der Waals surface area contributed by atoms with Gasteiger partial charge in [0.25, 0.3) is 5.56 Å². The molecular formula is C17H25N5O4S. The maximum atomic E-state index is 12.6. The molecule has 0 N–H and O–H groups in total. The molecule has 148 valence electrons. The molecule has 0 saturated carbocycles. The molecule has 1 atom stereocenters. The number of fused-ring (bicyclic) bond motifs is 1. The van der Waals surface area contributed by atoms with E-state index in [9.17, 15) is 14.4 Å². The number of carbonyl (C=O) groups excluding carboxylic acids is 1. The number of esters is 1. The average Bonchev–Trinajstić information content (AvgIpc) is 3.07. The highest BCUT2D eigenvalue weighted by atomic mass is 32.2. The molecule has 2 aromatic rings. The topological polar surface area (TPSA) is 91.4 Å².